The van der Waals surface area contributed by atoms with Crippen LogP contribution in [0, 0.1) is 5.82 Å². The van der Waals surface area contributed by atoms with Crippen LogP contribution in [0.5, 0.6) is 0 Å². The fourth-order valence-electron chi connectivity index (χ4n) is 2.28. The summed E-state index contributed by atoms with van der Waals surface area (Å²) in [5.41, 5.74) is 1.06. The Morgan fingerprint density at radius 2 is 1.95 bits per heavy atom. The van der Waals surface area contributed by atoms with E-state index in [0.717, 1.165) is 24.4 Å². The molecule has 0 fully saturated rings. The number of likely N-dealkylation sites (N-methyl/N-ethyl adjacent to an activating group) is 1. The lowest BCUT2D eigenvalue weighted by atomic mass is 10.0. The summed E-state index contributed by atoms with van der Waals surface area (Å²) >= 11 is 0. The first kappa shape index (κ1) is 14.7. The van der Waals surface area contributed by atoms with Crippen LogP contribution in [-0.2, 0) is 6.42 Å². The molecule has 0 radical (unpaired) electrons. The van der Waals surface area contributed by atoms with Crippen molar-refractivity contribution in [3.05, 3.63) is 47.8 Å². The van der Waals surface area contributed by atoms with Crippen molar-refractivity contribution in [2.75, 3.05) is 6.54 Å². The predicted molar refractivity (Wildman–Crippen MR) is 76.9 cm³/mol. The summed E-state index contributed by atoms with van der Waals surface area (Å²) in [6.07, 6.45) is 2.32. The second-order valence-corrected chi connectivity index (χ2v) is 5.08. The highest BCUT2D eigenvalue weighted by Gasteiger charge is 2.16. The highest BCUT2D eigenvalue weighted by atomic mass is 19.1. The molecule has 0 aliphatic heterocycles. The third-order valence-electron chi connectivity index (χ3n) is 3.25. The first-order chi connectivity index (χ1) is 9.61. The standard InChI is InChI=1S/C15H21FN4/c1-4-17-14(12-5-7-13(16)8-6-12)9-15-18-10-19-20(15)11(2)3/h5-8,10-11,14,17H,4,9H2,1-3H3. The van der Waals surface area contributed by atoms with E-state index in [1.165, 1.54) is 12.1 Å². The van der Waals surface area contributed by atoms with Gasteiger partial charge in [0.05, 0.1) is 0 Å². The van der Waals surface area contributed by atoms with Crippen molar-refractivity contribution in [2.45, 2.75) is 39.3 Å². The largest absolute Gasteiger partial charge is 0.310 e. The van der Waals surface area contributed by atoms with Crippen LogP contribution >= 0.6 is 0 Å². The van der Waals surface area contributed by atoms with Crippen molar-refractivity contribution in [2.24, 2.45) is 0 Å². The second kappa shape index (κ2) is 6.61. The number of halogens is 1. The molecular formula is C15H21FN4. The first-order valence-corrected chi connectivity index (χ1v) is 6.99. The SMILES string of the molecule is CCNC(Cc1ncnn1C(C)C)c1ccc(F)cc1. The number of aromatic nitrogens is 3. The molecule has 0 saturated carbocycles. The molecule has 1 N–H and O–H groups in total. The molecule has 108 valence electrons. The Morgan fingerprint density at radius 3 is 2.55 bits per heavy atom. The Kier molecular flexibility index (Phi) is 4.84. The summed E-state index contributed by atoms with van der Waals surface area (Å²) in [6, 6.07) is 7.02. The molecule has 2 rings (SSSR count). The molecule has 4 nitrogen and oxygen atoms in total. The van der Waals surface area contributed by atoms with Crippen molar-refractivity contribution >= 4 is 0 Å². The number of hydrogen-bond donors (Lipinski definition) is 1. The third kappa shape index (κ3) is 3.42. The zero-order chi connectivity index (χ0) is 14.5. The van der Waals surface area contributed by atoms with Crippen LogP contribution < -0.4 is 5.32 Å². The number of hydrogen-bond acceptors (Lipinski definition) is 3. The van der Waals surface area contributed by atoms with Gasteiger partial charge >= 0.3 is 0 Å². The minimum absolute atomic E-state index is 0.113. The van der Waals surface area contributed by atoms with Crippen LogP contribution in [-0.4, -0.2) is 21.3 Å². The summed E-state index contributed by atoms with van der Waals surface area (Å²) in [5.74, 6) is 0.727. The molecule has 0 bridgehead atoms. The number of rotatable bonds is 6. The highest BCUT2D eigenvalue weighted by Crippen LogP contribution is 2.19. The van der Waals surface area contributed by atoms with E-state index in [9.17, 15) is 4.39 Å². The van der Waals surface area contributed by atoms with E-state index in [-0.39, 0.29) is 17.9 Å². The summed E-state index contributed by atoms with van der Waals surface area (Å²) in [5, 5.41) is 7.67. The average molecular weight is 276 g/mol. The van der Waals surface area contributed by atoms with Crippen LogP contribution in [0.3, 0.4) is 0 Å². The molecular weight excluding hydrogens is 255 g/mol. The normalized spacial score (nSPS) is 12.8. The maximum Gasteiger partial charge on any atom is 0.138 e. The zero-order valence-corrected chi connectivity index (χ0v) is 12.2. The fourth-order valence-corrected chi connectivity index (χ4v) is 2.28. The molecule has 1 aromatic heterocycles. The van der Waals surface area contributed by atoms with Crippen LogP contribution in [0.25, 0.3) is 0 Å². The summed E-state index contributed by atoms with van der Waals surface area (Å²) in [6.45, 7) is 7.07. The van der Waals surface area contributed by atoms with E-state index in [2.05, 4.69) is 36.2 Å². The quantitative estimate of drug-likeness (QED) is 0.882. The van der Waals surface area contributed by atoms with Gasteiger partial charge in [0.15, 0.2) is 0 Å². The Labute approximate surface area is 119 Å². The van der Waals surface area contributed by atoms with Crippen LogP contribution in [0.1, 0.15) is 44.2 Å². The fraction of sp³-hybridized carbons (Fsp3) is 0.467. The van der Waals surface area contributed by atoms with Gasteiger partial charge in [-0.25, -0.2) is 14.1 Å². The summed E-state index contributed by atoms with van der Waals surface area (Å²) in [7, 11) is 0. The number of benzene rings is 1. The third-order valence-corrected chi connectivity index (χ3v) is 3.25. The van der Waals surface area contributed by atoms with Gasteiger partial charge in [0.25, 0.3) is 0 Å². The van der Waals surface area contributed by atoms with E-state index in [1.54, 1.807) is 6.33 Å². The van der Waals surface area contributed by atoms with Gasteiger partial charge in [-0.15, -0.1) is 0 Å². The van der Waals surface area contributed by atoms with E-state index in [0.29, 0.717) is 0 Å². The Hall–Kier alpha value is -1.75. The lowest BCUT2D eigenvalue weighted by molar-refractivity contribution is 0.468. The van der Waals surface area contributed by atoms with Gasteiger partial charge in [0.2, 0.25) is 0 Å². The average Bonchev–Trinajstić information content (AvgIpc) is 2.87. The van der Waals surface area contributed by atoms with E-state index < -0.39 is 0 Å². The molecule has 20 heavy (non-hydrogen) atoms. The van der Waals surface area contributed by atoms with Gasteiger partial charge < -0.3 is 5.32 Å². The molecule has 2 aromatic rings. The second-order valence-electron chi connectivity index (χ2n) is 5.08. The maximum absolute atomic E-state index is 13.0. The lowest BCUT2D eigenvalue weighted by Crippen LogP contribution is -2.25. The molecule has 5 heteroatoms. The number of nitrogens with one attached hydrogen (secondary N) is 1. The van der Waals surface area contributed by atoms with Crippen molar-refractivity contribution < 1.29 is 4.39 Å². The van der Waals surface area contributed by atoms with Gasteiger partial charge in [0, 0.05) is 18.5 Å². The molecule has 0 saturated heterocycles. The van der Waals surface area contributed by atoms with Crippen LogP contribution in [0.2, 0.25) is 0 Å². The zero-order valence-electron chi connectivity index (χ0n) is 12.2. The lowest BCUT2D eigenvalue weighted by Gasteiger charge is -2.19. The van der Waals surface area contributed by atoms with Crippen molar-refractivity contribution in [1.82, 2.24) is 20.1 Å². The van der Waals surface area contributed by atoms with E-state index >= 15 is 0 Å². The van der Waals surface area contributed by atoms with Gasteiger partial charge in [0.1, 0.15) is 18.0 Å². The Bertz CT molecular complexity index is 533. The first-order valence-electron chi connectivity index (χ1n) is 6.99. The number of nitrogens with zero attached hydrogens (tertiary/aromatic N) is 3. The van der Waals surface area contributed by atoms with Gasteiger partial charge in [-0.3, -0.25) is 0 Å². The molecule has 1 atom stereocenters. The van der Waals surface area contributed by atoms with Crippen LogP contribution in [0.15, 0.2) is 30.6 Å². The van der Waals surface area contributed by atoms with E-state index in [4.69, 9.17) is 0 Å². The van der Waals surface area contributed by atoms with Gasteiger partial charge in [-0.2, -0.15) is 5.10 Å². The monoisotopic (exact) mass is 276 g/mol. The Balaban J connectivity index is 2.21. The van der Waals surface area contributed by atoms with Crippen LogP contribution in [0.4, 0.5) is 4.39 Å². The minimum atomic E-state index is -0.214. The smallest absolute Gasteiger partial charge is 0.138 e. The summed E-state index contributed by atoms with van der Waals surface area (Å²) < 4.78 is 15.0. The molecule has 1 aromatic carbocycles. The minimum Gasteiger partial charge on any atom is -0.310 e. The molecule has 0 aliphatic rings. The molecule has 0 amide bonds. The predicted octanol–water partition coefficient (Wildman–Crippen LogP) is 2.89. The summed E-state index contributed by atoms with van der Waals surface area (Å²) in [4.78, 5) is 4.34. The Morgan fingerprint density at radius 1 is 1.25 bits per heavy atom. The van der Waals surface area contributed by atoms with E-state index in [1.807, 2.05) is 16.8 Å². The van der Waals surface area contributed by atoms with Gasteiger partial charge in [-0.05, 0) is 38.1 Å². The molecule has 0 aliphatic carbocycles. The molecule has 1 heterocycles. The van der Waals surface area contributed by atoms with Crippen molar-refractivity contribution in [3.8, 4) is 0 Å². The molecule has 1 unspecified atom stereocenters. The molecule has 0 spiro atoms. The van der Waals surface area contributed by atoms with Crippen molar-refractivity contribution in [1.29, 1.82) is 0 Å². The maximum atomic E-state index is 13.0. The topological polar surface area (TPSA) is 42.7 Å². The highest BCUT2D eigenvalue weighted by molar-refractivity contribution is 5.21. The van der Waals surface area contributed by atoms with Crippen molar-refractivity contribution in [3.63, 3.8) is 0 Å². The van der Waals surface area contributed by atoms with Gasteiger partial charge in [-0.1, -0.05) is 19.1 Å².